The molecule has 1 aromatic heterocycles. The number of carboxylic acid groups (broad SMARTS) is 2. The van der Waals surface area contributed by atoms with Crippen molar-refractivity contribution in [2.24, 2.45) is 0 Å². The van der Waals surface area contributed by atoms with Gasteiger partial charge in [-0.25, -0.2) is 4.79 Å². The van der Waals surface area contributed by atoms with Crippen LogP contribution in [0, 0.1) is 0 Å². The molecule has 0 fully saturated rings. The number of pyridine rings is 1. The van der Waals surface area contributed by atoms with Crippen molar-refractivity contribution in [1.29, 1.82) is 0 Å². The highest BCUT2D eigenvalue weighted by Gasteiger charge is 2.04. The maximum Gasteiger partial charge on any atom is 0.503 e. The lowest BCUT2D eigenvalue weighted by molar-refractivity contribution is 0.137. The minimum atomic E-state index is -1.83. The van der Waals surface area contributed by atoms with Crippen molar-refractivity contribution in [2.45, 2.75) is 6.92 Å². The van der Waals surface area contributed by atoms with Gasteiger partial charge in [-0.2, -0.15) is 0 Å². The molecule has 2 N–H and O–H groups in total. The first-order chi connectivity index (χ1) is 11.1. The molecule has 0 saturated heterocycles. The first-order valence-electron chi connectivity index (χ1n) is 6.88. The van der Waals surface area contributed by atoms with E-state index in [-0.39, 0.29) is 0 Å². The van der Waals surface area contributed by atoms with Crippen LogP contribution in [0.5, 0.6) is 5.75 Å². The van der Waals surface area contributed by atoms with E-state index >= 15 is 0 Å². The third kappa shape index (κ3) is 6.48. The Morgan fingerprint density at radius 1 is 1.13 bits per heavy atom. The van der Waals surface area contributed by atoms with Crippen molar-refractivity contribution in [2.75, 3.05) is 7.11 Å². The molecule has 0 aliphatic carbocycles. The number of allylic oxidation sites excluding steroid dienone is 3. The number of methoxy groups -OCH3 is 1. The van der Waals surface area contributed by atoms with Crippen molar-refractivity contribution in [1.82, 2.24) is 4.98 Å². The lowest BCUT2D eigenvalue weighted by atomic mass is 9.99. The van der Waals surface area contributed by atoms with Crippen molar-refractivity contribution < 1.29 is 19.7 Å². The van der Waals surface area contributed by atoms with Gasteiger partial charge in [0.1, 0.15) is 5.75 Å². The average Bonchev–Trinajstić information content (AvgIpc) is 2.56. The predicted octanol–water partition coefficient (Wildman–Crippen LogP) is 4.32. The summed E-state index contributed by atoms with van der Waals surface area (Å²) >= 11 is 0. The molecule has 120 valence electrons. The van der Waals surface area contributed by atoms with E-state index in [0.29, 0.717) is 0 Å². The Hall–Kier alpha value is -3.08. The topological polar surface area (TPSA) is 79.7 Å². The molecule has 2 rings (SSSR count). The van der Waals surface area contributed by atoms with Gasteiger partial charge in [-0.3, -0.25) is 4.98 Å². The number of hydrogen-bond donors (Lipinski definition) is 2. The SMILES string of the molecule is C/C=C/C=C(/c1ccc(OC)cc1)c1cccnc1.O=C(O)O. The fraction of sp³-hybridized carbons (Fsp3) is 0.111. The van der Waals surface area contributed by atoms with Crippen molar-refractivity contribution in [3.63, 3.8) is 0 Å². The molecular weight excluding hydrogens is 294 g/mol. The van der Waals surface area contributed by atoms with Gasteiger partial charge < -0.3 is 14.9 Å². The number of hydrogen-bond acceptors (Lipinski definition) is 3. The van der Waals surface area contributed by atoms with Crippen LogP contribution >= 0.6 is 0 Å². The van der Waals surface area contributed by atoms with E-state index in [1.54, 1.807) is 13.3 Å². The summed E-state index contributed by atoms with van der Waals surface area (Å²) in [5.74, 6) is 0.861. The maximum absolute atomic E-state index is 8.56. The molecule has 0 bridgehead atoms. The molecule has 5 nitrogen and oxygen atoms in total. The standard InChI is InChI=1S/C17H17NO.CH2O3/c1-3-4-7-17(15-6-5-12-18-13-15)14-8-10-16(19-2)11-9-14;2-1(3)4/h3-13H,1-2H3;(H2,2,3,4)/b4-3+,17-7-;. The van der Waals surface area contributed by atoms with Crippen molar-refractivity contribution >= 4 is 11.7 Å². The first kappa shape index (κ1) is 18.0. The van der Waals surface area contributed by atoms with Crippen LogP contribution in [0.25, 0.3) is 5.57 Å². The summed E-state index contributed by atoms with van der Waals surface area (Å²) in [5, 5.41) is 13.9. The number of rotatable bonds is 4. The van der Waals surface area contributed by atoms with Gasteiger partial charge in [0.2, 0.25) is 0 Å². The van der Waals surface area contributed by atoms with Gasteiger partial charge in [0.05, 0.1) is 7.11 Å². The Bertz CT molecular complexity index is 657. The third-order valence-electron chi connectivity index (χ3n) is 2.83. The average molecular weight is 313 g/mol. The summed E-state index contributed by atoms with van der Waals surface area (Å²) in [5.41, 5.74) is 3.39. The second kappa shape index (κ2) is 9.78. The van der Waals surface area contributed by atoms with Crippen LogP contribution in [0.15, 0.2) is 67.0 Å². The van der Waals surface area contributed by atoms with E-state index in [4.69, 9.17) is 19.7 Å². The Kier molecular flexibility index (Phi) is 7.64. The molecule has 0 amide bonds. The van der Waals surface area contributed by atoms with Crippen LogP contribution in [-0.2, 0) is 0 Å². The van der Waals surface area contributed by atoms with Gasteiger partial charge in [0.15, 0.2) is 0 Å². The maximum atomic E-state index is 8.56. The number of aromatic nitrogens is 1. The summed E-state index contributed by atoms with van der Waals surface area (Å²) in [6.07, 6.45) is 7.97. The van der Waals surface area contributed by atoms with Crippen molar-refractivity contribution in [3.8, 4) is 5.75 Å². The Morgan fingerprint density at radius 3 is 2.26 bits per heavy atom. The van der Waals surface area contributed by atoms with E-state index in [1.807, 2.05) is 43.5 Å². The van der Waals surface area contributed by atoms with Crippen molar-refractivity contribution in [3.05, 3.63) is 78.1 Å². The largest absolute Gasteiger partial charge is 0.503 e. The molecule has 0 radical (unpaired) electrons. The fourth-order valence-corrected chi connectivity index (χ4v) is 1.84. The molecule has 1 heterocycles. The lowest BCUT2D eigenvalue weighted by Crippen LogP contribution is -1.89. The summed E-state index contributed by atoms with van der Waals surface area (Å²) in [6.45, 7) is 2.01. The molecular formula is C18H19NO4. The predicted molar refractivity (Wildman–Crippen MR) is 89.8 cm³/mol. The number of carbonyl (C=O) groups is 1. The normalized spacial score (nSPS) is 10.8. The number of ether oxygens (including phenoxy) is 1. The van der Waals surface area contributed by atoms with Crippen LogP contribution in [0.1, 0.15) is 18.1 Å². The summed E-state index contributed by atoms with van der Waals surface area (Å²) in [7, 11) is 1.67. The minimum absolute atomic E-state index is 0.861. The molecule has 0 aliphatic heterocycles. The van der Waals surface area contributed by atoms with E-state index < -0.39 is 6.16 Å². The van der Waals surface area contributed by atoms with E-state index in [0.717, 1.165) is 22.4 Å². The smallest absolute Gasteiger partial charge is 0.497 e. The van der Waals surface area contributed by atoms with Gasteiger partial charge in [0, 0.05) is 18.0 Å². The van der Waals surface area contributed by atoms with Gasteiger partial charge in [0.25, 0.3) is 0 Å². The number of nitrogens with zero attached hydrogens (tertiary/aromatic N) is 1. The Balaban J connectivity index is 0.000000593. The summed E-state index contributed by atoms with van der Waals surface area (Å²) in [4.78, 5) is 12.7. The zero-order valence-corrected chi connectivity index (χ0v) is 13.0. The van der Waals surface area contributed by atoms with Gasteiger partial charge in [-0.15, -0.1) is 0 Å². The molecule has 0 unspecified atom stereocenters. The fourth-order valence-electron chi connectivity index (χ4n) is 1.84. The first-order valence-corrected chi connectivity index (χ1v) is 6.88. The van der Waals surface area contributed by atoms with Crippen LogP contribution in [0.4, 0.5) is 4.79 Å². The molecule has 2 aromatic rings. The molecule has 0 spiro atoms. The van der Waals surface area contributed by atoms with Gasteiger partial charge in [-0.1, -0.05) is 36.4 Å². The minimum Gasteiger partial charge on any atom is -0.497 e. The van der Waals surface area contributed by atoms with Crippen LogP contribution < -0.4 is 4.74 Å². The molecule has 5 heteroatoms. The highest BCUT2D eigenvalue weighted by atomic mass is 16.6. The zero-order chi connectivity index (χ0) is 17.1. The lowest BCUT2D eigenvalue weighted by Gasteiger charge is -2.08. The monoisotopic (exact) mass is 313 g/mol. The molecule has 0 atom stereocenters. The zero-order valence-electron chi connectivity index (χ0n) is 13.0. The van der Waals surface area contributed by atoms with E-state index in [1.165, 1.54) is 0 Å². The highest BCUT2D eigenvalue weighted by molar-refractivity contribution is 5.80. The third-order valence-corrected chi connectivity index (χ3v) is 2.83. The van der Waals surface area contributed by atoms with E-state index in [9.17, 15) is 0 Å². The summed E-state index contributed by atoms with van der Waals surface area (Å²) in [6, 6.07) is 12.1. The molecule has 1 aromatic carbocycles. The van der Waals surface area contributed by atoms with E-state index in [2.05, 4.69) is 29.3 Å². The van der Waals surface area contributed by atoms with Crippen LogP contribution in [0.3, 0.4) is 0 Å². The van der Waals surface area contributed by atoms with Crippen LogP contribution in [-0.4, -0.2) is 28.5 Å². The second-order valence-electron chi connectivity index (χ2n) is 4.36. The molecule has 23 heavy (non-hydrogen) atoms. The highest BCUT2D eigenvalue weighted by Crippen LogP contribution is 2.24. The van der Waals surface area contributed by atoms with Gasteiger partial charge in [-0.05, 0) is 36.3 Å². The quantitative estimate of drug-likeness (QED) is 0.822. The Labute approximate surface area is 135 Å². The van der Waals surface area contributed by atoms with Gasteiger partial charge >= 0.3 is 6.16 Å². The second-order valence-corrected chi connectivity index (χ2v) is 4.36. The molecule has 0 saturated carbocycles. The number of benzene rings is 1. The molecule has 0 aliphatic rings. The Morgan fingerprint density at radius 2 is 1.78 bits per heavy atom. The van der Waals surface area contributed by atoms with Crippen LogP contribution in [0.2, 0.25) is 0 Å². The summed E-state index contributed by atoms with van der Waals surface area (Å²) < 4.78 is 5.19.